The van der Waals surface area contributed by atoms with Gasteiger partial charge in [-0.05, 0) is 42.4 Å². The number of nitrogens with zero attached hydrogens (tertiary/aromatic N) is 4. The first-order valence-electron chi connectivity index (χ1n) is 10.1. The highest BCUT2D eigenvalue weighted by atomic mass is 15.1. The fourth-order valence-electron chi connectivity index (χ4n) is 5.68. The van der Waals surface area contributed by atoms with Crippen molar-refractivity contribution < 1.29 is 0 Å². The molecule has 3 aromatic rings. The largest absolute Gasteiger partial charge is 0.368 e. The summed E-state index contributed by atoms with van der Waals surface area (Å²) in [6.45, 7) is 0.993. The number of hydrogen-bond donors (Lipinski definition) is 1. The summed E-state index contributed by atoms with van der Waals surface area (Å²) in [6.07, 6.45) is 14.7. The molecule has 3 atom stereocenters. The average molecular weight is 369 g/mol. The van der Waals surface area contributed by atoms with Crippen LogP contribution >= 0.6 is 0 Å². The van der Waals surface area contributed by atoms with Gasteiger partial charge in [-0.2, -0.15) is 0 Å². The molecule has 3 aliphatic carbocycles. The van der Waals surface area contributed by atoms with Crippen LogP contribution in [0.1, 0.15) is 19.3 Å². The van der Waals surface area contributed by atoms with E-state index in [-0.39, 0.29) is 0 Å². The van der Waals surface area contributed by atoms with Crippen molar-refractivity contribution in [3.05, 3.63) is 61.2 Å². The van der Waals surface area contributed by atoms with Crippen LogP contribution in [0.5, 0.6) is 0 Å². The second-order valence-corrected chi connectivity index (χ2v) is 8.54. The molecule has 1 spiro atoms. The molecule has 3 aliphatic rings. The molecular formula is C23H23N5. The van der Waals surface area contributed by atoms with Crippen LogP contribution in [0.4, 0.5) is 5.95 Å². The minimum Gasteiger partial charge on any atom is -0.368 e. The Balaban J connectivity index is 1.41. The van der Waals surface area contributed by atoms with Crippen LogP contribution in [0.2, 0.25) is 0 Å². The molecule has 140 valence electrons. The van der Waals surface area contributed by atoms with Crippen LogP contribution in [-0.2, 0) is 6.54 Å². The summed E-state index contributed by atoms with van der Waals surface area (Å²) >= 11 is 0. The lowest BCUT2D eigenvalue weighted by molar-refractivity contribution is 0.333. The van der Waals surface area contributed by atoms with Crippen molar-refractivity contribution in [1.29, 1.82) is 0 Å². The Labute approximate surface area is 164 Å². The first-order valence-corrected chi connectivity index (χ1v) is 10.1. The SMILES string of the molecule is Nc1ncc(-c2c(-c3ccccc3)ncn2C[C@H]2C[C@H]3C=C[C@H]2C32CC2)cn1. The van der Waals surface area contributed by atoms with Gasteiger partial charge in [-0.25, -0.2) is 15.0 Å². The van der Waals surface area contributed by atoms with Gasteiger partial charge >= 0.3 is 0 Å². The first-order chi connectivity index (χ1) is 13.7. The van der Waals surface area contributed by atoms with E-state index in [9.17, 15) is 0 Å². The van der Waals surface area contributed by atoms with Gasteiger partial charge in [-0.3, -0.25) is 0 Å². The molecule has 2 N–H and O–H groups in total. The summed E-state index contributed by atoms with van der Waals surface area (Å²) < 4.78 is 2.31. The van der Waals surface area contributed by atoms with E-state index in [0.29, 0.717) is 17.3 Å². The fraction of sp³-hybridized carbons (Fsp3) is 0.348. The highest BCUT2D eigenvalue weighted by Gasteiger charge is 2.62. The van der Waals surface area contributed by atoms with E-state index >= 15 is 0 Å². The van der Waals surface area contributed by atoms with E-state index in [4.69, 9.17) is 10.7 Å². The van der Waals surface area contributed by atoms with Crippen LogP contribution in [0.15, 0.2) is 61.2 Å². The number of anilines is 1. The van der Waals surface area contributed by atoms with E-state index in [0.717, 1.165) is 40.9 Å². The topological polar surface area (TPSA) is 69.6 Å². The van der Waals surface area contributed by atoms with Crippen LogP contribution < -0.4 is 5.73 Å². The number of aromatic nitrogens is 4. The molecule has 0 radical (unpaired) electrons. The molecule has 2 heterocycles. The molecule has 2 bridgehead atoms. The molecule has 6 rings (SSSR count). The maximum Gasteiger partial charge on any atom is 0.219 e. The normalized spacial score (nSPS) is 26.2. The van der Waals surface area contributed by atoms with Gasteiger partial charge in [0.1, 0.15) is 0 Å². The Hall–Kier alpha value is -2.95. The second-order valence-electron chi connectivity index (χ2n) is 8.54. The van der Waals surface area contributed by atoms with Crippen molar-refractivity contribution in [3.8, 4) is 22.5 Å². The fourth-order valence-corrected chi connectivity index (χ4v) is 5.68. The van der Waals surface area contributed by atoms with Crippen molar-refractivity contribution >= 4 is 5.95 Å². The molecule has 2 fully saturated rings. The Bertz CT molecular complexity index is 1050. The molecule has 0 aliphatic heterocycles. The molecule has 0 amide bonds. The maximum atomic E-state index is 5.72. The first kappa shape index (κ1) is 16.0. The van der Waals surface area contributed by atoms with E-state index in [1.807, 2.05) is 24.8 Å². The third-order valence-corrected chi connectivity index (χ3v) is 7.11. The van der Waals surface area contributed by atoms with Crippen LogP contribution in [0.25, 0.3) is 22.5 Å². The van der Waals surface area contributed by atoms with E-state index in [2.05, 4.69) is 51.0 Å². The Kier molecular flexibility index (Phi) is 3.31. The van der Waals surface area contributed by atoms with Gasteiger partial charge in [0.25, 0.3) is 0 Å². The summed E-state index contributed by atoms with van der Waals surface area (Å²) in [4.78, 5) is 13.3. The number of benzene rings is 1. The molecule has 0 saturated heterocycles. The molecule has 1 aromatic carbocycles. The number of nitrogen functional groups attached to an aromatic ring is 1. The van der Waals surface area contributed by atoms with Gasteiger partial charge in [0.15, 0.2) is 0 Å². The smallest absolute Gasteiger partial charge is 0.219 e. The van der Waals surface area contributed by atoms with Gasteiger partial charge in [0.2, 0.25) is 5.95 Å². The lowest BCUT2D eigenvalue weighted by atomic mass is 9.89. The van der Waals surface area contributed by atoms with Gasteiger partial charge in [0.05, 0.1) is 17.7 Å². The van der Waals surface area contributed by atoms with Crippen LogP contribution in [-0.4, -0.2) is 19.5 Å². The van der Waals surface area contributed by atoms with Crippen molar-refractivity contribution in [2.75, 3.05) is 5.73 Å². The molecule has 0 unspecified atom stereocenters. The molecular weight excluding hydrogens is 346 g/mol. The maximum absolute atomic E-state index is 5.72. The van der Waals surface area contributed by atoms with Gasteiger partial charge in [-0.15, -0.1) is 0 Å². The highest BCUT2D eigenvalue weighted by Crippen LogP contribution is 2.70. The van der Waals surface area contributed by atoms with E-state index in [1.54, 1.807) is 0 Å². The quantitative estimate of drug-likeness (QED) is 0.700. The lowest BCUT2D eigenvalue weighted by Crippen LogP contribution is -2.18. The molecule has 28 heavy (non-hydrogen) atoms. The third-order valence-electron chi connectivity index (χ3n) is 7.11. The zero-order valence-corrected chi connectivity index (χ0v) is 15.7. The number of hydrogen-bond acceptors (Lipinski definition) is 4. The van der Waals surface area contributed by atoms with Gasteiger partial charge in [-0.1, -0.05) is 42.5 Å². The Morgan fingerprint density at radius 1 is 1.00 bits per heavy atom. The summed E-state index contributed by atoms with van der Waals surface area (Å²) in [7, 11) is 0. The Morgan fingerprint density at radius 2 is 1.79 bits per heavy atom. The zero-order valence-electron chi connectivity index (χ0n) is 15.7. The van der Waals surface area contributed by atoms with E-state index < -0.39 is 0 Å². The van der Waals surface area contributed by atoms with Gasteiger partial charge < -0.3 is 10.3 Å². The predicted molar refractivity (Wildman–Crippen MR) is 109 cm³/mol. The highest BCUT2D eigenvalue weighted by molar-refractivity contribution is 5.78. The molecule has 5 heteroatoms. The number of imidazole rings is 1. The minimum atomic E-state index is 0.296. The molecule has 5 nitrogen and oxygen atoms in total. The monoisotopic (exact) mass is 369 g/mol. The average Bonchev–Trinajstić information content (AvgIpc) is 3.22. The van der Waals surface area contributed by atoms with Crippen molar-refractivity contribution in [3.63, 3.8) is 0 Å². The van der Waals surface area contributed by atoms with E-state index in [1.165, 1.54) is 19.3 Å². The minimum absolute atomic E-state index is 0.296. The summed E-state index contributed by atoms with van der Waals surface area (Å²) in [5, 5.41) is 0. The van der Waals surface area contributed by atoms with Crippen molar-refractivity contribution in [2.45, 2.75) is 25.8 Å². The van der Waals surface area contributed by atoms with Crippen LogP contribution in [0, 0.1) is 23.2 Å². The summed E-state index contributed by atoms with van der Waals surface area (Å²) in [5.41, 5.74) is 10.5. The zero-order chi connectivity index (χ0) is 18.7. The number of nitrogens with two attached hydrogens (primary N) is 1. The predicted octanol–water partition coefficient (Wildman–Crippen LogP) is 4.19. The van der Waals surface area contributed by atoms with Gasteiger partial charge in [0, 0.05) is 30.1 Å². The lowest BCUT2D eigenvalue weighted by Gasteiger charge is -2.21. The second kappa shape index (κ2) is 5.77. The molecule has 2 saturated carbocycles. The number of rotatable bonds is 4. The summed E-state index contributed by atoms with van der Waals surface area (Å²) in [5.74, 6) is 2.51. The van der Waals surface area contributed by atoms with Crippen LogP contribution in [0.3, 0.4) is 0 Å². The molecule has 2 aromatic heterocycles. The van der Waals surface area contributed by atoms with Crippen molar-refractivity contribution in [2.24, 2.45) is 23.2 Å². The van der Waals surface area contributed by atoms with Crippen molar-refractivity contribution in [1.82, 2.24) is 19.5 Å². The Morgan fingerprint density at radius 3 is 2.50 bits per heavy atom. The third kappa shape index (κ3) is 2.28. The standard InChI is InChI=1S/C23H23N5/c24-22-25-11-17(12-26-22)21-20(15-4-2-1-3-5-15)27-14-28(21)13-16-10-18-6-7-19(16)23(18)8-9-23/h1-7,11-12,14,16,18-19H,8-10,13H2,(H2,24,25,26)/t16-,18-,19-/m1/s1. The summed E-state index contributed by atoms with van der Waals surface area (Å²) in [6, 6.07) is 10.3. The number of allylic oxidation sites excluding steroid dienone is 2.